The fourth-order valence-corrected chi connectivity index (χ4v) is 1.96. The maximum atomic E-state index is 14.1. The van der Waals surface area contributed by atoms with E-state index in [9.17, 15) is 8.78 Å². The number of hydrogen-bond donors (Lipinski definition) is 1. The summed E-state index contributed by atoms with van der Waals surface area (Å²) in [6.07, 6.45) is 0.996. The molecule has 1 rings (SSSR count). The standard InChI is InChI=1S/C15H25F2N3/c1-5-6-18-11-12-9-13(16)15(14(17)10-12)20(4)8-7-19(2)3/h9-10,18H,5-8,11H2,1-4H3. The van der Waals surface area contributed by atoms with Gasteiger partial charge in [-0.3, -0.25) is 0 Å². The third-order valence-electron chi connectivity index (χ3n) is 3.10. The molecule has 0 radical (unpaired) electrons. The Kier molecular flexibility index (Phi) is 6.88. The molecule has 1 N–H and O–H groups in total. The molecule has 0 aliphatic rings. The van der Waals surface area contributed by atoms with Crippen molar-refractivity contribution in [2.75, 3.05) is 45.7 Å². The largest absolute Gasteiger partial charge is 0.369 e. The Morgan fingerprint density at radius 2 is 1.65 bits per heavy atom. The molecule has 0 atom stereocenters. The Morgan fingerprint density at radius 3 is 2.15 bits per heavy atom. The molecule has 0 aromatic heterocycles. The molecule has 114 valence electrons. The van der Waals surface area contributed by atoms with E-state index in [0.717, 1.165) is 19.5 Å². The van der Waals surface area contributed by atoms with E-state index < -0.39 is 11.6 Å². The van der Waals surface area contributed by atoms with Gasteiger partial charge < -0.3 is 15.1 Å². The molecule has 1 aromatic rings. The third-order valence-corrected chi connectivity index (χ3v) is 3.10. The number of halogens is 2. The lowest BCUT2D eigenvalue weighted by Gasteiger charge is -2.23. The number of benzene rings is 1. The molecule has 1 aromatic carbocycles. The normalized spacial score (nSPS) is 11.2. The summed E-state index contributed by atoms with van der Waals surface area (Å²) in [5.74, 6) is -1.00. The third kappa shape index (κ3) is 5.06. The molecule has 0 bridgehead atoms. The van der Waals surface area contributed by atoms with Crippen LogP contribution >= 0.6 is 0 Å². The van der Waals surface area contributed by atoms with Crippen LogP contribution in [-0.2, 0) is 6.54 Å². The van der Waals surface area contributed by atoms with E-state index in [-0.39, 0.29) is 5.69 Å². The van der Waals surface area contributed by atoms with Crippen LogP contribution in [0.4, 0.5) is 14.5 Å². The highest BCUT2D eigenvalue weighted by molar-refractivity contribution is 5.50. The molecule has 0 amide bonds. The topological polar surface area (TPSA) is 18.5 Å². The molecule has 0 unspecified atom stereocenters. The zero-order chi connectivity index (χ0) is 15.1. The minimum atomic E-state index is -0.500. The second-order valence-corrected chi connectivity index (χ2v) is 5.31. The number of nitrogens with zero attached hydrogens (tertiary/aromatic N) is 2. The predicted molar refractivity (Wildman–Crippen MR) is 80.2 cm³/mol. The van der Waals surface area contributed by atoms with Gasteiger partial charge in [0, 0.05) is 26.7 Å². The average Bonchev–Trinajstić information content (AvgIpc) is 2.36. The summed E-state index contributed by atoms with van der Waals surface area (Å²) in [5.41, 5.74) is 0.685. The van der Waals surface area contributed by atoms with Crippen LogP contribution in [0.5, 0.6) is 0 Å². The fourth-order valence-electron chi connectivity index (χ4n) is 1.96. The Bertz CT molecular complexity index is 399. The van der Waals surface area contributed by atoms with Crippen molar-refractivity contribution in [3.63, 3.8) is 0 Å². The molecule has 0 aliphatic carbocycles. The van der Waals surface area contributed by atoms with Gasteiger partial charge in [0.15, 0.2) is 0 Å². The first-order valence-electron chi connectivity index (χ1n) is 7.00. The van der Waals surface area contributed by atoms with Crippen molar-refractivity contribution in [1.29, 1.82) is 0 Å². The zero-order valence-corrected chi connectivity index (χ0v) is 12.8. The molecule has 5 heteroatoms. The Balaban J connectivity index is 2.77. The van der Waals surface area contributed by atoms with E-state index in [1.165, 1.54) is 12.1 Å². The van der Waals surface area contributed by atoms with Gasteiger partial charge in [-0.2, -0.15) is 0 Å². The van der Waals surface area contributed by atoms with Crippen molar-refractivity contribution >= 4 is 5.69 Å². The van der Waals surface area contributed by atoms with Crippen LogP contribution in [0.2, 0.25) is 0 Å². The monoisotopic (exact) mass is 285 g/mol. The quantitative estimate of drug-likeness (QED) is 0.740. The first-order valence-corrected chi connectivity index (χ1v) is 7.00. The van der Waals surface area contributed by atoms with E-state index in [0.29, 0.717) is 18.7 Å². The van der Waals surface area contributed by atoms with Crippen molar-refractivity contribution in [3.05, 3.63) is 29.3 Å². The number of anilines is 1. The van der Waals surface area contributed by atoms with Gasteiger partial charge in [0.25, 0.3) is 0 Å². The van der Waals surface area contributed by atoms with Crippen molar-refractivity contribution in [2.24, 2.45) is 0 Å². The molecule has 0 aliphatic heterocycles. The van der Waals surface area contributed by atoms with Gasteiger partial charge >= 0.3 is 0 Å². The van der Waals surface area contributed by atoms with E-state index >= 15 is 0 Å². The maximum Gasteiger partial charge on any atom is 0.149 e. The first-order chi connectivity index (χ1) is 9.45. The number of hydrogen-bond acceptors (Lipinski definition) is 3. The second-order valence-electron chi connectivity index (χ2n) is 5.31. The summed E-state index contributed by atoms with van der Waals surface area (Å²) in [6, 6.07) is 2.82. The summed E-state index contributed by atoms with van der Waals surface area (Å²) in [5, 5.41) is 3.14. The summed E-state index contributed by atoms with van der Waals surface area (Å²) >= 11 is 0. The summed E-state index contributed by atoms with van der Waals surface area (Å²) < 4.78 is 28.1. The summed E-state index contributed by atoms with van der Waals surface area (Å²) in [7, 11) is 5.58. The zero-order valence-electron chi connectivity index (χ0n) is 12.8. The number of nitrogens with one attached hydrogen (secondary N) is 1. The highest BCUT2D eigenvalue weighted by atomic mass is 19.1. The van der Waals surface area contributed by atoms with Crippen molar-refractivity contribution in [1.82, 2.24) is 10.2 Å². The van der Waals surface area contributed by atoms with Crippen LogP contribution in [0.15, 0.2) is 12.1 Å². The van der Waals surface area contributed by atoms with Gasteiger partial charge in [0.2, 0.25) is 0 Å². The highest BCUT2D eigenvalue weighted by Gasteiger charge is 2.15. The van der Waals surface area contributed by atoms with Gasteiger partial charge in [-0.15, -0.1) is 0 Å². The Morgan fingerprint density at radius 1 is 1.05 bits per heavy atom. The van der Waals surface area contributed by atoms with E-state index in [4.69, 9.17) is 0 Å². The minimum absolute atomic E-state index is 0.0473. The lowest BCUT2D eigenvalue weighted by atomic mass is 10.1. The van der Waals surface area contributed by atoms with Crippen LogP contribution in [-0.4, -0.2) is 45.7 Å². The van der Waals surface area contributed by atoms with Gasteiger partial charge in [-0.05, 0) is 44.8 Å². The van der Waals surface area contributed by atoms with Crippen molar-refractivity contribution < 1.29 is 8.78 Å². The van der Waals surface area contributed by atoms with Gasteiger partial charge in [0.1, 0.15) is 17.3 Å². The lowest BCUT2D eigenvalue weighted by molar-refractivity contribution is 0.414. The highest BCUT2D eigenvalue weighted by Crippen LogP contribution is 2.24. The molecule has 0 saturated carbocycles. The minimum Gasteiger partial charge on any atom is -0.369 e. The lowest BCUT2D eigenvalue weighted by Crippen LogP contribution is -2.29. The van der Waals surface area contributed by atoms with Gasteiger partial charge in [-0.1, -0.05) is 6.92 Å². The molecule has 3 nitrogen and oxygen atoms in total. The molecule has 0 spiro atoms. The van der Waals surface area contributed by atoms with Gasteiger partial charge in [-0.25, -0.2) is 8.78 Å². The molecule has 0 fully saturated rings. The SMILES string of the molecule is CCCNCc1cc(F)c(N(C)CCN(C)C)c(F)c1. The summed E-state index contributed by atoms with van der Waals surface area (Å²) in [6.45, 7) is 4.71. The fraction of sp³-hybridized carbons (Fsp3) is 0.600. The van der Waals surface area contributed by atoms with Crippen LogP contribution in [0.3, 0.4) is 0 Å². The molecular formula is C15H25F2N3. The molecule has 20 heavy (non-hydrogen) atoms. The van der Waals surface area contributed by atoms with Crippen molar-refractivity contribution in [3.8, 4) is 0 Å². The molecular weight excluding hydrogens is 260 g/mol. The first kappa shape index (κ1) is 16.9. The average molecular weight is 285 g/mol. The van der Waals surface area contributed by atoms with Crippen molar-refractivity contribution in [2.45, 2.75) is 19.9 Å². The van der Waals surface area contributed by atoms with Crippen LogP contribution < -0.4 is 10.2 Å². The van der Waals surface area contributed by atoms with E-state index in [1.54, 1.807) is 11.9 Å². The van der Waals surface area contributed by atoms with Crippen LogP contribution in [0.25, 0.3) is 0 Å². The molecule has 0 saturated heterocycles. The predicted octanol–water partition coefficient (Wildman–Crippen LogP) is 2.46. The van der Waals surface area contributed by atoms with Crippen LogP contribution in [0.1, 0.15) is 18.9 Å². The smallest absolute Gasteiger partial charge is 0.149 e. The number of rotatable bonds is 8. The van der Waals surface area contributed by atoms with Crippen LogP contribution in [0, 0.1) is 11.6 Å². The Labute approximate surface area is 120 Å². The molecule has 0 heterocycles. The van der Waals surface area contributed by atoms with E-state index in [2.05, 4.69) is 12.2 Å². The number of likely N-dealkylation sites (N-methyl/N-ethyl adjacent to an activating group) is 2. The maximum absolute atomic E-state index is 14.1. The second kappa shape index (κ2) is 8.17. The van der Waals surface area contributed by atoms with Gasteiger partial charge in [0.05, 0.1) is 0 Å². The Hall–Kier alpha value is -1.20. The summed E-state index contributed by atoms with van der Waals surface area (Å²) in [4.78, 5) is 3.60. The van der Waals surface area contributed by atoms with E-state index in [1.807, 2.05) is 19.0 Å².